The maximum absolute atomic E-state index is 13.3. The molecule has 81 heavy (non-hydrogen) atoms. The Morgan fingerprint density at radius 2 is 1.25 bits per heavy atom. The zero-order chi connectivity index (χ0) is 57.2. The van der Waals surface area contributed by atoms with E-state index in [1.807, 2.05) is 30.3 Å². The van der Waals surface area contributed by atoms with Crippen LogP contribution in [0.5, 0.6) is 11.5 Å². The average molecular weight is 1140 g/mol. The molecule has 2 amide bonds. The molecule has 2 aromatic heterocycles. The molecule has 0 bridgehead atoms. The molecule has 436 valence electrons. The van der Waals surface area contributed by atoms with Crippen molar-refractivity contribution in [2.75, 3.05) is 142 Å². The van der Waals surface area contributed by atoms with E-state index in [1.54, 1.807) is 48.5 Å². The average Bonchev–Trinajstić information content (AvgIpc) is 3.09. The van der Waals surface area contributed by atoms with Gasteiger partial charge in [0.2, 0.25) is 5.95 Å². The van der Waals surface area contributed by atoms with Crippen LogP contribution in [0, 0.1) is 22.2 Å². The lowest BCUT2D eigenvalue weighted by Crippen LogP contribution is -2.74. The number of nitriles is 1. The number of anilines is 2. The first-order chi connectivity index (χ1) is 39.2. The highest BCUT2D eigenvalue weighted by molar-refractivity contribution is 6.31. The first-order valence-corrected chi connectivity index (χ1v) is 28.2. The number of benzene rings is 3. The fourth-order valence-corrected chi connectivity index (χ4v) is 10.9. The summed E-state index contributed by atoms with van der Waals surface area (Å²) in [5.74, 6) is 2.32. The molecule has 3 fully saturated rings. The number of aromatic nitrogens is 3. The van der Waals surface area contributed by atoms with Gasteiger partial charge in [-0.2, -0.15) is 15.2 Å². The molecule has 21 heteroatoms. The number of fused-ring (bicyclic) bond motifs is 1. The number of nitrogens with one attached hydrogen (secondary N) is 2. The second-order valence-electron chi connectivity index (χ2n) is 21.3. The normalized spacial score (nSPS) is 19.4. The predicted molar refractivity (Wildman–Crippen MR) is 307 cm³/mol. The number of morpholine rings is 2. The molecular formula is C60H77ClN8O12. The Morgan fingerprint density at radius 3 is 1.84 bits per heavy atom. The number of carbonyl (C=O) groups is 2. The van der Waals surface area contributed by atoms with Crippen molar-refractivity contribution in [1.82, 2.24) is 25.6 Å². The Morgan fingerprint density at radius 1 is 0.667 bits per heavy atom. The van der Waals surface area contributed by atoms with Gasteiger partial charge in [0.1, 0.15) is 36.1 Å². The van der Waals surface area contributed by atoms with E-state index in [0.29, 0.717) is 176 Å². The molecule has 5 aromatic rings. The van der Waals surface area contributed by atoms with E-state index in [4.69, 9.17) is 73.9 Å². The number of rotatable bonds is 30. The number of ether oxygens (including phenoxy) is 10. The molecule has 0 spiro atoms. The first kappa shape index (κ1) is 60.8. The zero-order valence-electron chi connectivity index (χ0n) is 47.4. The highest BCUT2D eigenvalue weighted by Crippen LogP contribution is 2.55. The minimum atomic E-state index is -0.372. The van der Waals surface area contributed by atoms with Crippen molar-refractivity contribution in [3.8, 4) is 28.8 Å². The molecule has 4 heterocycles. The van der Waals surface area contributed by atoms with Gasteiger partial charge in [0, 0.05) is 59.3 Å². The van der Waals surface area contributed by atoms with Gasteiger partial charge in [0.15, 0.2) is 5.65 Å². The molecule has 0 radical (unpaired) electrons. The van der Waals surface area contributed by atoms with Gasteiger partial charge >= 0.3 is 0 Å². The highest BCUT2D eigenvalue weighted by Gasteiger charge is 2.64. The van der Waals surface area contributed by atoms with E-state index in [0.717, 1.165) is 23.3 Å². The van der Waals surface area contributed by atoms with Crippen LogP contribution in [0.15, 0.2) is 78.9 Å². The first-order valence-electron chi connectivity index (χ1n) is 27.9. The lowest BCUT2D eigenvalue weighted by Gasteiger charge is -2.63. The number of carbonyl (C=O) groups excluding carboxylic acids is 2. The van der Waals surface area contributed by atoms with Crippen LogP contribution in [-0.2, 0) is 37.9 Å². The number of amides is 2. The smallest absolute Gasteiger partial charge is 0.251 e. The standard InChI is InChI=1S/C60H77ClN8O12/c1-41-39-78-22-19-68(41)53-49-16-17-51(64-52(49)65-58(66-53)69-20-23-79-40-42(69)2)44-8-7-9-45(36-44)54(70)63-18-21-72-24-25-73-26-27-74-28-29-75-30-31-76-32-33-77-34-35-80-47-13-10-43(11-14-47)55(71)67-56-59(3,4)57(60(56,5)6)81-48-15-12-46(38-62)50(61)37-48/h7-17,36-37,41-42,56-57H,18-35,39-40H2,1-6H3,(H,63,70)(H,67,71)/t41-,42-,56?,57?/m1/s1. The summed E-state index contributed by atoms with van der Waals surface area (Å²) in [6.07, 6.45) is -0.198. The molecule has 3 aliphatic rings. The Kier molecular flexibility index (Phi) is 22.3. The summed E-state index contributed by atoms with van der Waals surface area (Å²) in [6.45, 7) is 22.1. The van der Waals surface area contributed by atoms with Gasteiger partial charge in [0.25, 0.3) is 11.8 Å². The highest BCUT2D eigenvalue weighted by atomic mass is 35.5. The van der Waals surface area contributed by atoms with Crippen LogP contribution in [0.25, 0.3) is 22.3 Å². The van der Waals surface area contributed by atoms with Gasteiger partial charge in [-0.25, -0.2) is 4.98 Å². The fourth-order valence-electron chi connectivity index (χ4n) is 10.6. The van der Waals surface area contributed by atoms with E-state index < -0.39 is 0 Å². The number of hydrogen-bond acceptors (Lipinski definition) is 18. The van der Waals surface area contributed by atoms with Crippen LogP contribution in [0.2, 0.25) is 5.02 Å². The molecule has 8 rings (SSSR count). The van der Waals surface area contributed by atoms with Gasteiger partial charge < -0.3 is 67.8 Å². The third kappa shape index (κ3) is 16.3. The largest absolute Gasteiger partial charge is 0.491 e. The molecule has 0 unspecified atom stereocenters. The van der Waals surface area contributed by atoms with Crippen LogP contribution in [-0.4, -0.2) is 183 Å². The van der Waals surface area contributed by atoms with Crippen LogP contribution >= 0.6 is 11.6 Å². The second kappa shape index (κ2) is 29.6. The molecule has 2 N–H and O–H groups in total. The van der Waals surface area contributed by atoms with E-state index in [2.05, 4.69) is 68.0 Å². The van der Waals surface area contributed by atoms with E-state index >= 15 is 0 Å². The van der Waals surface area contributed by atoms with Gasteiger partial charge in [-0.1, -0.05) is 51.4 Å². The van der Waals surface area contributed by atoms with E-state index in [-0.39, 0.29) is 46.9 Å². The number of halogens is 1. The molecule has 20 nitrogen and oxygen atoms in total. The summed E-state index contributed by atoms with van der Waals surface area (Å²) in [7, 11) is 0. The molecule has 2 aliphatic heterocycles. The monoisotopic (exact) mass is 1140 g/mol. The number of nitrogens with zero attached hydrogens (tertiary/aromatic N) is 6. The van der Waals surface area contributed by atoms with Crippen molar-refractivity contribution < 1.29 is 57.0 Å². The van der Waals surface area contributed by atoms with Crippen LogP contribution < -0.4 is 29.9 Å². The van der Waals surface area contributed by atoms with Crippen molar-refractivity contribution in [1.29, 1.82) is 5.26 Å². The fraction of sp³-hybridized carbons (Fsp3) is 0.533. The molecule has 1 aliphatic carbocycles. The maximum Gasteiger partial charge on any atom is 0.251 e. The van der Waals surface area contributed by atoms with Crippen LogP contribution in [0.4, 0.5) is 11.8 Å². The van der Waals surface area contributed by atoms with Crippen molar-refractivity contribution in [2.24, 2.45) is 10.8 Å². The SMILES string of the molecule is C[C@@H]1COCCN1c1nc(N2CCOC[C@H]2C)c2ccc(-c3cccc(C(=O)NCCOCCOCCOCCOCCOCCOCCOc4ccc(C(=O)NC5C(C)(C)C(Oc6ccc(C#N)c(Cl)c6)C5(C)C)cc4)c3)nc2n1. The van der Waals surface area contributed by atoms with E-state index in [1.165, 1.54) is 0 Å². The van der Waals surface area contributed by atoms with Gasteiger partial charge in [0.05, 0.1) is 139 Å². The molecule has 2 atom stereocenters. The lowest BCUT2D eigenvalue weighted by molar-refractivity contribution is -0.164. The van der Waals surface area contributed by atoms with Crippen molar-refractivity contribution in [3.05, 3.63) is 101 Å². The van der Waals surface area contributed by atoms with Crippen molar-refractivity contribution in [3.63, 3.8) is 0 Å². The third-order valence-corrected chi connectivity index (χ3v) is 15.0. The summed E-state index contributed by atoms with van der Waals surface area (Å²) >= 11 is 6.23. The van der Waals surface area contributed by atoms with Crippen LogP contribution in [0.3, 0.4) is 0 Å². The number of hydrogen-bond donors (Lipinski definition) is 2. The summed E-state index contributed by atoms with van der Waals surface area (Å²) in [4.78, 5) is 46.0. The molecule has 2 saturated heterocycles. The molecular weight excluding hydrogens is 1060 g/mol. The van der Waals surface area contributed by atoms with E-state index in [9.17, 15) is 14.9 Å². The number of pyridine rings is 1. The second-order valence-corrected chi connectivity index (χ2v) is 21.7. The Balaban J connectivity index is 0.608. The predicted octanol–water partition coefficient (Wildman–Crippen LogP) is 7.19. The summed E-state index contributed by atoms with van der Waals surface area (Å²) in [6, 6.07) is 25.7. The van der Waals surface area contributed by atoms with Gasteiger partial charge in [-0.3, -0.25) is 9.59 Å². The molecule has 3 aromatic carbocycles. The van der Waals surface area contributed by atoms with Crippen LogP contribution in [0.1, 0.15) is 67.8 Å². The minimum Gasteiger partial charge on any atom is -0.491 e. The molecule has 1 saturated carbocycles. The Bertz CT molecular complexity index is 2880. The topological polar surface area (TPSA) is 219 Å². The zero-order valence-corrected chi connectivity index (χ0v) is 48.2. The quantitative estimate of drug-likeness (QED) is 0.0435. The summed E-state index contributed by atoms with van der Waals surface area (Å²) < 4.78 is 57.3. The summed E-state index contributed by atoms with van der Waals surface area (Å²) in [5.41, 5.74) is 2.81. The van der Waals surface area contributed by atoms with Gasteiger partial charge in [-0.05, 0) is 74.5 Å². The van der Waals surface area contributed by atoms with Crippen molar-refractivity contribution >= 4 is 46.2 Å². The van der Waals surface area contributed by atoms with Gasteiger partial charge in [-0.15, -0.1) is 0 Å². The summed E-state index contributed by atoms with van der Waals surface area (Å²) in [5, 5.41) is 16.6. The maximum atomic E-state index is 13.3. The van der Waals surface area contributed by atoms with Crippen molar-refractivity contribution in [2.45, 2.75) is 65.8 Å². The Labute approximate surface area is 479 Å². The third-order valence-electron chi connectivity index (χ3n) is 14.6. The lowest BCUT2D eigenvalue weighted by atomic mass is 9.49. The minimum absolute atomic E-state index is 0.125. The Hall–Kier alpha value is -6.25.